The average molecular weight is 300 g/mol. The lowest BCUT2D eigenvalue weighted by Gasteiger charge is -2.29. The standard InChI is InChI=1S/C17H36N2O2/c1-9-15(13(4)5)19-14(10-12(2)3)11-18-16(20)21-17(6,7)8/h12-15,19H,9-11H2,1-8H3,(H,18,20). The first-order chi connectivity index (χ1) is 9.55. The number of carbonyl (C=O) groups excluding carboxylic acids is 1. The highest BCUT2D eigenvalue weighted by atomic mass is 16.6. The molecule has 2 N–H and O–H groups in total. The number of alkyl carbamates (subject to hydrolysis) is 1. The van der Waals surface area contributed by atoms with E-state index in [1.54, 1.807) is 0 Å². The van der Waals surface area contributed by atoms with Gasteiger partial charge in [-0.25, -0.2) is 4.79 Å². The van der Waals surface area contributed by atoms with Gasteiger partial charge in [-0.05, 0) is 45.4 Å². The summed E-state index contributed by atoms with van der Waals surface area (Å²) in [6.45, 7) is 17.3. The van der Waals surface area contributed by atoms with Crippen molar-refractivity contribution < 1.29 is 9.53 Å². The van der Waals surface area contributed by atoms with Gasteiger partial charge in [-0.15, -0.1) is 0 Å². The Bertz CT molecular complexity index is 296. The van der Waals surface area contributed by atoms with Gasteiger partial charge in [0.25, 0.3) is 0 Å². The van der Waals surface area contributed by atoms with Crippen molar-refractivity contribution in [1.29, 1.82) is 0 Å². The highest BCUT2D eigenvalue weighted by Gasteiger charge is 2.20. The Morgan fingerprint density at radius 1 is 1.14 bits per heavy atom. The van der Waals surface area contributed by atoms with Crippen LogP contribution < -0.4 is 10.6 Å². The number of hydrogen-bond acceptors (Lipinski definition) is 3. The smallest absolute Gasteiger partial charge is 0.407 e. The zero-order chi connectivity index (χ0) is 16.6. The second-order valence-corrected chi connectivity index (χ2v) is 7.63. The van der Waals surface area contributed by atoms with E-state index in [0.29, 0.717) is 24.4 Å². The molecule has 0 aliphatic rings. The summed E-state index contributed by atoms with van der Waals surface area (Å²) in [5.74, 6) is 1.18. The Labute approximate surface area is 131 Å². The summed E-state index contributed by atoms with van der Waals surface area (Å²) in [6, 6.07) is 0.763. The van der Waals surface area contributed by atoms with Crippen LogP contribution in [-0.2, 0) is 4.74 Å². The zero-order valence-corrected chi connectivity index (χ0v) is 15.2. The summed E-state index contributed by atoms with van der Waals surface area (Å²) >= 11 is 0. The van der Waals surface area contributed by atoms with Gasteiger partial charge < -0.3 is 15.4 Å². The SMILES string of the molecule is CCC(NC(CNC(=O)OC(C)(C)C)CC(C)C)C(C)C. The quantitative estimate of drug-likeness (QED) is 0.713. The first kappa shape index (κ1) is 20.2. The molecule has 2 atom stereocenters. The minimum absolute atomic E-state index is 0.282. The van der Waals surface area contributed by atoms with E-state index >= 15 is 0 Å². The van der Waals surface area contributed by atoms with Crippen LogP contribution in [0.5, 0.6) is 0 Å². The van der Waals surface area contributed by atoms with Gasteiger partial charge in [0.1, 0.15) is 5.60 Å². The molecule has 0 radical (unpaired) electrons. The van der Waals surface area contributed by atoms with Crippen LogP contribution in [0.15, 0.2) is 0 Å². The second kappa shape index (κ2) is 9.29. The molecule has 0 spiro atoms. The van der Waals surface area contributed by atoms with Crippen molar-refractivity contribution in [3.63, 3.8) is 0 Å². The minimum Gasteiger partial charge on any atom is -0.444 e. The molecule has 0 rings (SSSR count). The summed E-state index contributed by atoms with van der Waals surface area (Å²) in [4.78, 5) is 11.8. The number of nitrogens with one attached hydrogen (secondary N) is 2. The Kier molecular flexibility index (Phi) is 8.95. The predicted molar refractivity (Wildman–Crippen MR) is 89.5 cm³/mol. The van der Waals surface area contributed by atoms with Gasteiger partial charge in [0, 0.05) is 18.6 Å². The van der Waals surface area contributed by atoms with Gasteiger partial charge in [0.05, 0.1) is 0 Å². The van der Waals surface area contributed by atoms with E-state index in [1.807, 2.05) is 20.8 Å². The largest absolute Gasteiger partial charge is 0.444 e. The van der Waals surface area contributed by atoms with E-state index in [2.05, 4.69) is 45.3 Å². The number of hydrogen-bond donors (Lipinski definition) is 2. The number of rotatable bonds is 8. The van der Waals surface area contributed by atoms with E-state index in [4.69, 9.17) is 4.74 Å². The molecule has 0 aromatic rings. The van der Waals surface area contributed by atoms with E-state index in [-0.39, 0.29) is 12.1 Å². The molecule has 0 bridgehead atoms. The van der Waals surface area contributed by atoms with Crippen molar-refractivity contribution in [2.24, 2.45) is 11.8 Å². The third-order valence-corrected chi connectivity index (χ3v) is 3.34. The minimum atomic E-state index is -0.449. The topological polar surface area (TPSA) is 50.4 Å². The first-order valence-corrected chi connectivity index (χ1v) is 8.28. The predicted octanol–water partition coefficient (Wildman–Crippen LogP) is 3.95. The molecule has 4 nitrogen and oxygen atoms in total. The van der Waals surface area contributed by atoms with Crippen molar-refractivity contribution in [3.8, 4) is 0 Å². The molecule has 0 aromatic heterocycles. The Hall–Kier alpha value is -0.770. The highest BCUT2D eigenvalue weighted by molar-refractivity contribution is 5.67. The fourth-order valence-electron chi connectivity index (χ4n) is 2.38. The molecule has 0 fully saturated rings. The van der Waals surface area contributed by atoms with Gasteiger partial charge in [-0.2, -0.15) is 0 Å². The fraction of sp³-hybridized carbons (Fsp3) is 0.941. The lowest BCUT2D eigenvalue weighted by atomic mass is 9.97. The molecular weight excluding hydrogens is 264 g/mol. The number of amides is 1. The molecule has 0 aromatic carbocycles. The van der Waals surface area contributed by atoms with Crippen LogP contribution in [0.4, 0.5) is 4.79 Å². The van der Waals surface area contributed by atoms with Crippen molar-refractivity contribution >= 4 is 6.09 Å². The Morgan fingerprint density at radius 3 is 2.10 bits per heavy atom. The maximum Gasteiger partial charge on any atom is 0.407 e. The van der Waals surface area contributed by atoms with E-state index < -0.39 is 5.60 Å². The monoisotopic (exact) mass is 300 g/mol. The maximum absolute atomic E-state index is 11.8. The van der Waals surface area contributed by atoms with E-state index in [1.165, 1.54) is 0 Å². The Morgan fingerprint density at radius 2 is 1.71 bits per heavy atom. The second-order valence-electron chi connectivity index (χ2n) is 7.63. The summed E-state index contributed by atoms with van der Waals surface area (Å²) in [6.07, 6.45) is 1.80. The van der Waals surface area contributed by atoms with Crippen LogP contribution in [0, 0.1) is 11.8 Å². The number of ether oxygens (including phenoxy) is 1. The third kappa shape index (κ3) is 10.6. The van der Waals surface area contributed by atoms with Crippen LogP contribution in [0.25, 0.3) is 0 Å². The van der Waals surface area contributed by atoms with Gasteiger partial charge in [0.15, 0.2) is 0 Å². The molecule has 21 heavy (non-hydrogen) atoms. The molecular formula is C17H36N2O2. The Balaban J connectivity index is 4.46. The lowest BCUT2D eigenvalue weighted by Crippen LogP contribution is -2.48. The fourth-order valence-corrected chi connectivity index (χ4v) is 2.38. The molecule has 2 unspecified atom stereocenters. The van der Waals surface area contributed by atoms with Gasteiger partial charge in [-0.3, -0.25) is 0 Å². The first-order valence-electron chi connectivity index (χ1n) is 8.28. The summed E-state index contributed by atoms with van der Waals surface area (Å²) in [7, 11) is 0. The summed E-state index contributed by atoms with van der Waals surface area (Å²) < 4.78 is 5.29. The van der Waals surface area contributed by atoms with Crippen molar-refractivity contribution in [3.05, 3.63) is 0 Å². The lowest BCUT2D eigenvalue weighted by molar-refractivity contribution is 0.0519. The van der Waals surface area contributed by atoms with Gasteiger partial charge in [0.2, 0.25) is 0 Å². The average Bonchev–Trinajstić information content (AvgIpc) is 2.29. The summed E-state index contributed by atoms with van der Waals surface area (Å²) in [5, 5.41) is 6.57. The molecule has 4 heteroatoms. The van der Waals surface area contributed by atoms with Crippen LogP contribution in [-0.4, -0.2) is 30.3 Å². The zero-order valence-electron chi connectivity index (χ0n) is 15.2. The van der Waals surface area contributed by atoms with Crippen LogP contribution in [0.1, 0.15) is 68.2 Å². The van der Waals surface area contributed by atoms with E-state index in [0.717, 1.165) is 12.8 Å². The normalized spacial score (nSPS) is 15.1. The molecule has 0 aliphatic heterocycles. The molecule has 0 heterocycles. The molecule has 126 valence electrons. The maximum atomic E-state index is 11.8. The van der Waals surface area contributed by atoms with Crippen LogP contribution in [0.2, 0.25) is 0 Å². The van der Waals surface area contributed by atoms with Crippen LogP contribution in [0.3, 0.4) is 0 Å². The van der Waals surface area contributed by atoms with Crippen LogP contribution >= 0.6 is 0 Å². The molecule has 0 saturated heterocycles. The number of carbonyl (C=O) groups is 1. The van der Waals surface area contributed by atoms with Gasteiger partial charge in [-0.1, -0.05) is 34.6 Å². The van der Waals surface area contributed by atoms with Crippen molar-refractivity contribution in [2.75, 3.05) is 6.54 Å². The summed E-state index contributed by atoms with van der Waals surface area (Å²) in [5.41, 5.74) is -0.449. The van der Waals surface area contributed by atoms with Crippen molar-refractivity contribution in [2.45, 2.75) is 85.9 Å². The highest BCUT2D eigenvalue weighted by Crippen LogP contribution is 2.11. The third-order valence-electron chi connectivity index (χ3n) is 3.34. The molecule has 0 saturated carbocycles. The molecule has 0 aliphatic carbocycles. The van der Waals surface area contributed by atoms with Gasteiger partial charge >= 0.3 is 6.09 Å². The molecule has 1 amide bonds. The van der Waals surface area contributed by atoms with Crippen molar-refractivity contribution in [1.82, 2.24) is 10.6 Å². The van der Waals surface area contributed by atoms with E-state index in [9.17, 15) is 4.79 Å².